The van der Waals surface area contributed by atoms with Gasteiger partial charge in [0.15, 0.2) is 0 Å². The number of halogens is 3. The third-order valence-electron chi connectivity index (χ3n) is 6.85. The van der Waals surface area contributed by atoms with Gasteiger partial charge >= 0.3 is 6.18 Å². The Hall–Kier alpha value is -2.94. The standard InChI is InChI=1S/C24H26F3N5O/c25-24(26,27)19-3-1-2-18(12-19)17-6-10-31(11-7-17)23(33)16-30-14-20-4-5-21(15-30)32(20)22-13-28-8-9-29-22/h1-3,6,8-9,12-13,20-21H,4-5,7,10-11,14-16H2. The lowest BCUT2D eigenvalue weighted by molar-refractivity contribution is -0.137. The summed E-state index contributed by atoms with van der Waals surface area (Å²) in [6, 6.07) is 6.08. The van der Waals surface area contributed by atoms with Crippen molar-refractivity contribution >= 4 is 17.3 Å². The fourth-order valence-corrected chi connectivity index (χ4v) is 5.26. The van der Waals surface area contributed by atoms with Crippen LogP contribution in [-0.4, -0.2) is 70.5 Å². The van der Waals surface area contributed by atoms with E-state index in [4.69, 9.17) is 0 Å². The van der Waals surface area contributed by atoms with Gasteiger partial charge in [-0.3, -0.25) is 14.7 Å². The first-order chi connectivity index (χ1) is 15.9. The number of piperazine rings is 1. The number of aromatic nitrogens is 2. The van der Waals surface area contributed by atoms with E-state index in [9.17, 15) is 18.0 Å². The highest BCUT2D eigenvalue weighted by Crippen LogP contribution is 2.34. The number of hydrogen-bond acceptors (Lipinski definition) is 5. The zero-order chi connectivity index (χ0) is 23.0. The molecule has 9 heteroatoms. The van der Waals surface area contributed by atoms with Crippen molar-refractivity contribution in [2.45, 2.75) is 37.5 Å². The number of fused-ring (bicyclic) bond motifs is 2. The van der Waals surface area contributed by atoms with Crippen molar-refractivity contribution in [2.75, 3.05) is 37.6 Å². The van der Waals surface area contributed by atoms with Gasteiger partial charge in [-0.2, -0.15) is 13.2 Å². The number of alkyl halides is 3. The molecule has 1 amide bonds. The molecule has 2 saturated heterocycles. The van der Waals surface area contributed by atoms with Crippen molar-refractivity contribution in [3.05, 3.63) is 60.1 Å². The number of nitrogens with zero attached hydrogens (tertiary/aromatic N) is 5. The minimum atomic E-state index is -4.36. The molecule has 2 fully saturated rings. The second-order valence-electron chi connectivity index (χ2n) is 8.95. The first kappa shape index (κ1) is 21.9. The van der Waals surface area contributed by atoms with Crippen LogP contribution in [0.1, 0.15) is 30.4 Å². The van der Waals surface area contributed by atoms with Crippen LogP contribution < -0.4 is 4.90 Å². The summed E-state index contributed by atoms with van der Waals surface area (Å²) >= 11 is 0. The maximum atomic E-state index is 13.0. The van der Waals surface area contributed by atoms with Crippen LogP contribution in [-0.2, 0) is 11.0 Å². The average molecular weight is 458 g/mol. The van der Waals surface area contributed by atoms with E-state index in [0.29, 0.717) is 43.7 Å². The minimum absolute atomic E-state index is 0.0710. The molecule has 5 rings (SSSR count). The molecule has 2 aromatic rings. The number of rotatable bonds is 4. The molecular formula is C24H26F3N5O. The molecule has 33 heavy (non-hydrogen) atoms. The Morgan fingerprint density at radius 3 is 2.55 bits per heavy atom. The zero-order valence-corrected chi connectivity index (χ0v) is 18.2. The Morgan fingerprint density at radius 2 is 1.91 bits per heavy atom. The van der Waals surface area contributed by atoms with E-state index >= 15 is 0 Å². The lowest BCUT2D eigenvalue weighted by Gasteiger charge is -2.42. The summed E-state index contributed by atoms with van der Waals surface area (Å²) in [6.07, 6.45) is 5.43. The van der Waals surface area contributed by atoms with Gasteiger partial charge in [-0.1, -0.05) is 18.2 Å². The molecule has 2 bridgehead atoms. The third kappa shape index (κ3) is 4.59. The molecule has 3 aliphatic rings. The molecule has 0 spiro atoms. The van der Waals surface area contributed by atoms with Gasteiger partial charge in [-0.25, -0.2) is 4.98 Å². The van der Waals surface area contributed by atoms with Crippen LogP contribution in [0.5, 0.6) is 0 Å². The number of amides is 1. The number of benzene rings is 1. The lowest BCUT2D eigenvalue weighted by atomic mass is 9.97. The molecule has 0 N–H and O–H groups in total. The molecule has 1 aromatic heterocycles. The van der Waals surface area contributed by atoms with Crippen LogP contribution in [0.15, 0.2) is 48.9 Å². The van der Waals surface area contributed by atoms with Crippen LogP contribution in [0, 0.1) is 0 Å². The topological polar surface area (TPSA) is 52.6 Å². The van der Waals surface area contributed by atoms with E-state index in [1.807, 2.05) is 6.08 Å². The van der Waals surface area contributed by atoms with E-state index < -0.39 is 11.7 Å². The van der Waals surface area contributed by atoms with Crippen molar-refractivity contribution in [1.29, 1.82) is 0 Å². The lowest BCUT2D eigenvalue weighted by Crippen LogP contribution is -2.56. The monoisotopic (exact) mass is 457 g/mol. The average Bonchev–Trinajstić information content (AvgIpc) is 3.09. The molecule has 0 radical (unpaired) electrons. The normalized spacial score (nSPS) is 23.5. The highest BCUT2D eigenvalue weighted by atomic mass is 19.4. The molecule has 2 atom stereocenters. The highest BCUT2D eigenvalue weighted by Gasteiger charge is 2.41. The fourth-order valence-electron chi connectivity index (χ4n) is 5.26. The van der Waals surface area contributed by atoms with Crippen LogP contribution in [0.4, 0.5) is 19.0 Å². The Kier molecular flexibility index (Phi) is 5.82. The van der Waals surface area contributed by atoms with Crippen molar-refractivity contribution in [1.82, 2.24) is 19.8 Å². The fraction of sp³-hybridized carbons (Fsp3) is 0.458. The Balaban J connectivity index is 1.18. The Labute approximate surface area is 190 Å². The SMILES string of the molecule is O=C(CN1CC2CCC(C1)N2c1cnccn1)N1CC=C(c2cccc(C(F)(F)F)c2)CC1. The summed E-state index contributed by atoms with van der Waals surface area (Å²) in [4.78, 5) is 28.0. The molecule has 3 aliphatic heterocycles. The highest BCUT2D eigenvalue weighted by molar-refractivity contribution is 5.80. The number of carbonyl (C=O) groups excluding carboxylic acids is 1. The second kappa shape index (κ2) is 8.78. The third-order valence-corrected chi connectivity index (χ3v) is 6.85. The first-order valence-electron chi connectivity index (χ1n) is 11.3. The maximum Gasteiger partial charge on any atom is 0.416 e. The summed E-state index contributed by atoms with van der Waals surface area (Å²) in [5, 5.41) is 0. The van der Waals surface area contributed by atoms with Gasteiger partial charge in [-0.05, 0) is 42.5 Å². The summed E-state index contributed by atoms with van der Waals surface area (Å²) in [6.45, 7) is 2.95. The number of hydrogen-bond donors (Lipinski definition) is 0. The van der Waals surface area contributed by atoms with Crippen molar-refractivity contribution in [3.8, 4) is 0 Å². The molecule has 174 valence electrons. The molecule has 4 heterocycles. The zero-order valence-electron chi connectivity index (χ0n) is 18.2. The van der Waals surface area contributed by atoms with Crippen LogP contribution >= 0.6 is 0 Å². The Bertz CT molecular complexity index is 1030. The Morgan fingerprint density at radius 1 is 1.12 bits per heavy atom. The summed E-state index contributed by atoms with van der Waals surface area (Å²) in [5.41, 5.74) is 0.795. The number of likely N-dealkylation sites (tertiary alicyclic amines) is 1. The molecule has 0 aliphatic carbocycles. The van der Waals surface area contributed by atoms with Crippen LogP contribution in [0.25, 0.3) is 5.57 Å². The van der Waals surface area contributed by atoms with E-state index in [-0.39, 0.29) is 5.91 Å². The van der Waals surface area contributed by atoms with E-state index in [1.165, 1.54) is 12.1 Å². The second-order valence-corrected chi connectivity index (χ2v) is 8.95. The predicted molar refractivity (Wildman–Crippen MR) is 118 cm³/mol. The van der Waals surface area contributed by atoms with Crippen LogP contribution in [0.3, 0.4) is 0 Å². The first-order valence-corrected chi connectivity index (χ1v) is 11.3. The number of anilines is 1. The number of carbonyl (C=O) groups is 1. The summed E-state index contributed by atoms with van der Waals surface area (Å²) in [5.74, 6) is 0.973. The van der Waals surface area contributed by atoms with Gasteiger partial charge in [0.05, 0.1) is 18.3 Å². The van der Waals surface area contributed by atoms with E-state index in [2.05, 4.69) is 19.8 Å². The maximum absolute atomic E-state index is 13.0. The smallest absolute Gasteiger partial charge is 0.347 e. The predicted octanol–water partition coefficient (Wildman–Crippen LogP) is 3.46. The summed E-state index contributed by atoms with van der Waals surface area (Å²) < 4.78 is 39.1. The molecule has 6 nitrogen and oxygen atoms in total. The molecule has 0 saturated carbocycles. The minimum Gasteiger partial charge on any atom is -0.347 e. The van der Waals surface area contributed by atoms with E-state index in [0.717, 1.165) is 43.4 Å². The van der Waals surface area contributed by atoms with Gasteiger partial charge in [0.2, 0.25) is 5.91 Å². The largest absolute Gasteiger partial charge is 0.416 e. The summed E-state index contributed by atoms with van der Waals surface area (Å²) in [7, 11) is 0. The van der Waals surface area contributed by atoms with Crippen molar-refractivity contribution < 1.29 is 18.0 Å². The van der Waals surface area contributed by atoms with Crippen molar-refractivity contribution in [3.63, 3.8) is 0 Å². The quantitative estimate of drug-likeness (QED) is 0.704. The van der Waals surface area contributed by atoms with Gasteiger partial charge < -0.3 is 9.80 Å². The van der Waals surface area contributed by atoms with E-state index in [1.54, 1.807) is 29.6 Å². The van der Waals surface area contributed by atoms with Gasteiger partial charge in [-0.15, -0.1) is 0 Å². The van der Waals surface area contributed by atoms with Crippen LogP contribution in [0.2, 0.25) is 0 Å². The molecule has 1 aromatic carbocycles. The van der Waals surface area contributed by atoms with Gasteiger partial charge in [0.25, 0.3) is 0 Å². The van der Waals surface area contributed by atoms with Crippen molar-refractivity contribution in [2.24, 2.45) is 0 Å². The molecule has 2 unspecified atom stereocenters. The van der Waals surface area contributed by atoms with Gasteiger partial charge in [0, 0.05) is 50.7 Å². The van der Waals surface area contributed by atoms with Gasteiger partial charge in [0.1, 0.15) is 5.82 Å². The molecular weight excluding hydrogens is 431 g/mol.